The molecule has 0 fully saturated rings. The van der Waals surface area contributed by atoms with E-state index in [1.54, 1.807) is 36.3 Å². The van der Waals surface area contributed by atoms with Gasteiger partial charge in [-0.2, -0.15) is 0 Å². The zero-order valence-electron chi connectivity index (χ0n) is 19.0. The van der Waals surface area contributed by atoms with Crippen LogP contribution in [0.1, 0.15) is 21.6 Å². The Labute approximate surface area is 207 Å². The summed E-state index contributed by atoms with van der Waals surface area (Å²) >= 11 is 6.08. The molecule has 2 N–H and O–H groups in total. The number of para-hydroxylation sites is 1. The van der Waals surface area contributed by atoms with E-state index in [1.165, 1.54) is 0 Å². The maximum absolute atomic E-state index is 13.7. The van der Waals surface area contributed by atoms with Crippen molar-refractivity contribution in [3.05, 3.63) is 101 Å². The van der Waals surface area contributed by atoms with Crippen LogP contribution in [-0.2, 0) is 9.53 Å². The van der Waals surface area contributed by atoms with Crippen LogP contribution in [0.25, 0.3) is 10.9 Å². The lowest BCUT2D eigenvalue weighted by molar-refractivity contribution is -0.120. The van der Waals surface area contributed by atoms with Crippen molar-refractivity contribution in [2.75, 3.05) is 25.2 Å². The third-order valence-corrected chi connectivity index (χ3v) is 6.10. The van der Waals surface area contributed by atoms with Crippen molar-refractivity contribution < 1.29 is 14.3 Å². The molecule has 0 aliphatic carbocycles. The number of nitrogens with zero attached hydrogens (tertiary/aromatic N) is 2. The zero-order valence-corrected chi connectivity index (χ0v) is 19.8. The van der Waals surface area contributed by atoms with Gasteiger partial charge in [0.1, 0.15) is 5.69 Å². The second-order valence-electron chi connectivity index (χ2n) is 8.13. The molecule has 8 heteroatoms. The van der Waals surface area contributed by atoms with Crippen LogP contribution in [0.2, 0.25) is 5.02 Å². The normalized spacial score (nSPS) is 15.5. The first-order chi connectivity index (χ1) is 17.0. The Morgan fingerprint density at radius 2 is 1.86 bits per heavy atom. The molecular formula is C27H23ClN4O3. The molecule has 0 spiro atoms. The molecule has 0 radical (unpaired) electrons. The molecule has 1 aromatic heterocycles. The van der Waals surface area contributed by atoms with Crippen molar-refractivity contribution in [3.8, 4) is 0 Å². The number of carbonyl (C=O) groups excluding carboxylic acids is 2. The molecular weight excluding hydrogens is 464 g/mol. The van der Waals surface area contributed by atoms with Crippen molar-refractivity contribution >= 4 is 45.7 Å². The number of aromatic nitrogens is 1. The molecule has 3 aromatic carbocycles. The smallest absolute Gasteiger partial charge is 0.272 e. The van der Waals surface area contributed by atoms with Gasteiger partial charge in [-0.15, -0.1) is 0 Å². The summed E-state index contributed by atoms with van der Waals surface area (Å²) in [5.74, 6) is -0.780. The van der Waals surface area contributed by atoms with E-state index in [0.717, 1.165) is 22.0 Å². The number of benzodiazepines with no additional fused rings is 1. The highest BCUT2D eigenvalue weighted by atomic mass is 35.5. The number of methoxy groups -OCH3 is 1. The van der Waals surface area contributed by atoms with Crippen molar-refractivity contribution in [2.45, 2.75) is 6.17 Å². The molecule has 1 aliphatic heterocycles. The van der Waals surface area contributed by atoms with Crippen LogP contribution in [0.5, 0.6) is 0 Å². The summed E-state index contributed by atoms with van der Waals surface area (Å²) in [6.45, 7) is 0.658. The highest BCUT2D eigenvalue weighted by Crippen LogP contribution is 2.28. The topological polar surface area (TPSA) is 86.8 Å². The molecule has 2 amide bonds. The number of amides is 2. The number of rotatable bonds is 6. The van der Waals surface area contributed by atoms with E-state index in [4.69, 9.17) is 21.3 Å². The first-order valence-corrected chi connectivity index (χ1v) is 11.5. The Morgan fingerprint density at radius 1 is 1.09 bits per heavy atom. The van der Waals surface area contributed by atoms with Gasteiger partial charge in [0.2, 0.25) is 6.17 Å². The number of carbonyl (C=O) groups is 2. The van der Waals surface area contributed by atoms with Crippen LogP contribution >= 0.6 is 11.6 Å². The predicted octanol–water partition coefficient (Wildman–Crippen LogP) is 4.41. The van der Waals surface area contributed by atoms with Gasteiger partial charge in [-0.3, -0.25) is 9.59 Å². The monoisotopic (exact) mass is 486 g/mol. The highest BCUT2D eigenvalue weighted by Gasteiger charge is 2.33. The van der Waals surface area contributed by atoms with Gasteiger partial charge in [0.05, 0.1) is 18.0 Å². The molecule has 1 aliphatic rings. The minimum absolute atomic E-state index is 0.316. The maximum atomic E-state index is 13.7. The summed E-state index contributed by atoms with van der Waals surface area (Å²) in [5, 5.41) is 4.20. The molecule has 5 rings (SSSR count). The van der Waals surface area contributed by atoms with Crippen LogP contribution in [0.4, 0.5) is 5.69 Å². The fourth-order valence-electron chi connectivity index (χ4n) is 4.19. The van der Waals surface area contributed by atoms with E-state index in [-0.39, 0.29) is 5.91 Å². The van der Waals surface area contributed by atoms with Crippen LogP contribution < -0.4 is 10.2 Å². The molecule has 2 heterocycles. The second-order valence-corrected chi connectivity index (χ2v) is 8.57. The summed E-state index contributed by atoms with van der Waals surface area (Å²) in [4.78, 5) is 36.4. The van der Waals surface area contributed by atoms with Gasteiger partial charge < -0.3 is 19.9 Å². The number of benzene rings is 3. The summed E-state index contributed by atoms with van der Waals surface area (Å²) in [7, 11) is 1.58. The van der Waals surface area contributed by atoms with Crippen molar-refractivity contribution in [2.24, 2.45) is 4.99 Å². The lowest BCUT2D eigenvalue weighted by Crippen LogP contribution is -2.48. The molecule has 7 nitrogen and oxygen atoms in total. The fourth-order valence-corrected chi connectivity index (χ4v) is 4.37. The molecule has 35 heavy (non-hydrogen) atoms. The lowest BCUT2D eigenvalue weighted by Gasteiger charge is -2.25. The van der Waals surface area contributed by atoms with Crippen molar-refractivity contribution in [1.29, 1.82) is 0 Å². The number of fused-ring (bicyclic) bond motifs is 2. The standard InChI is InChI=1S/C27H23ClN4O3/c1-35-14-13-32-23-10-6-5-9-20(23)24(17-7-3-2-4-8-17)30-25(27(32)34)31-26(33)22-16-18-15-19(28)11-12-21(18)29-22/h2-12,15-16,25,29H,13-14H2,1H3,(H,31,33). The highest BCUT2D eigenvalue weighted by molar-refractivity contribution is 6.31. The Bertz CT molecular complexity index is 1430. The van der Waals surface area contributed by atoms with E-state index < -0.39 is 12.1 Å². The summed E-state index contributed by atoms with van der Waals surface area (Å²) in [6, 6.07) is 24.3. The minimum Gasteiger partial charge on any atom is -0.383 e. The largest absolute Gasteiger partial charge is 0.383 e. The maximum Gasteiger partial charge on any atom is 0.272 e. The van der Waals surface area contributed by atoms with Gasteiger partial charge in [0.15, 0.2) is 0 Å². The third kappa shape index (κ3) is 4.56. The van der Waals surface area contributed by atoms with Crippen LogP contribution in [0.15, 0.2) is 83.9 Å². The Morgan fingerprint density at radius 3 is 2.66 bits per heavy atom. The van der Waals surface area contributed by atoms with E-state index in [9.17, 15) is 9.59 Å². The number of halogens is 1. The number of aromatic amines is 1. The summed E-state index contributed by atoms with van der Waals surface area (Å²) < 4.78 is 5.25. The van der Waals surface area contributed by atoms with E-state index >= 15 is 0 Å². The van der Waals surface area contributed by atoms with Gasteiger partial charge in [-0.25, -0.2) is 4.99 Å². The number of aliphatic imine (C=N–C) groups is 1. The van der Waals surface area contributed by atoms with Crippen LogP contribution in [0.3, 0.4) is 0 Å². The van der Waals surface area contributed by atoms with Gasteiger partial charge >= 0.3 is 0 Å². The molecule has 1 atom stereocenters. The van der Waals surface area contributed by atoms with Crippen molar-refractivity contribution in [1.82, 2.24) is 10.3 Å². The van der Waals surface area contributed by atoms with Crippen LogP contribution in [-0.4, -0.2) is 48.9 Å². The molecule has 1 unspecified atom stereocenters. The first kappa shape index (κ1) is 22.8. The number of ether oxygens (including phenoxy) is 1. The average Bonchev–Trinajstić information content (AvgIpc) is 3.26. The Balaban J connectivity index is 1.56. The summed E-state index contributed by atoms with van der Waals surface area (Å²) in [6.07, 6.45) is -1.13. The zero-order chi connectivity index (χ0) is 24.4. The fraction of sp³-hybridized carbons (Fsp3) is 0.148. The molecule has 0 saturated heterocycles. The third-order valence-electron chi connectivity index (χ3n) is 5.87. The van der Waals surface area contributed by atoms with Crippen LogP contribution in [0, 0.1) is 0 Å². The number of anilines is 1. The minimum atomic E-state index is -1.13. The summed E-state index contributed by atoms with van der Waals surface area (Å²) in [5.41, 5.74) is 4.09. The number of hydrogen-bond donors (Lipinski definition) is 2. The van der Waals surface area contributed by atoms with Crippen molar-refractivity contribution in [3.63, 3.8) is 0 Å². The van der Waals surface area contributed by atoms with E-state index in [1.807, 2.05) is 54.6 Å². The predicted molar refractivity (Wildman–Crippen MR) is 137 cm³/mol. The molecule has 0 saturated carbocycles. The lowest BCUT2D eigenvalue weighted by atomic mass is 10.0. The molecule has 176 valence electrons. The van der Waals surface area contributed by atoms with E-state index in [0.29, 0.717) is 35.3 Å². The van der Waals surface area contributed by atoms with Gasteiger partial charge in [-0.05, 0) is 30.3 Å². The number of H-pyrrole nitrogens is 1. The quantitative estimate of drug-likeness (QED) is 0.423. The number of hydrogen-bond acceptors (Lipinski definition) is 4. The second kappa shape index (κ2) is 9.74. The molecule has 0 bridgehead atoms. The first-order valence-electron chi connectivity index (χ1n) is 11.2. The van der Waals surface area contributed by atoms with Gasteiger partial charge in [0.25, 0.3) is 11.8 Å². The number of nitrogens with one attached hydrogen (secondary N) is 2. The Hall–Kier alpha value is -3.94. The average molecular weight is 487 g/mol. The van der Waals surface area contributed by atoms with Gasteiger partial charge in [-0.1, -0.05) is 60.1 Å². The SMILES string of the molecule is COCCN1C(=O)C(NC(=O)c2cc3cc(Cl)ccc3[nH]2)N=C(c2ccccc2)c2ccccc21. The van der Waals surface area contributed by atoms with E-state index in [2.05, 4.69) is 10.3 Å². The molecule has 4 aromatic rings. The van der Waals surface area contributed by atoms with Gasteiger partial charge in [0, 0.05) is 40.7 Å². The Kier molecular flexibility index (Phi) is 6.35.